The summed E-state index contributed by atoms with van der Waals surface area (Å²) in [5.41, 5.74) is 4.80. The van der Waals surface area contributed by atoms with Crippen LogP contribution >= 0.6 is 0 Å². The Labute approximate surface area is 220 Å². The van der Waals surface area contributed by atoms with Gasteiger partial charge in [0.2, 0.25) is 0 Å². The predicted octanol–water partition coefficient (Wildman–Crippen LogP) is 5.71. The van der Waals surface area contributed by atoms with Gasteiger partial charge in [0.15, 0.2) is 0 Å². The van der Waals surface area contributed by atoms with Gasteiger partial charge in [0.1, 0.15) is 48.1 Å². The monoisotopic (exact) mass is 508 g/mol. The standard InChI is InChI=1S/C31H40O6/c1-21-16-25(12-15-27(21)35-18-29(33-5)31(3)20-37-31)24-8-6-22(7-9-24)23-10-13-26(14-11-23)34-17-28(32-4)30(2)19-36-30/h8,10-16,22,28-29H,6-7,9,17-20H2,1-5H3. The average molecular weight is 509 g/mol. The van der Waals surface area contributed by atoms with Gasteiger partial charge in [-0.3, -0.25) is 0 Å². The van der Waals surface area contributed by atoms with Gasteiger partial charge >= 0.3 is 0 Å². The van der Waals surface area contributed by atoms with Gasteiger partial charge in [-0.1, -0.05) is 24.3 Å². The molecular formula is C31H40O6. The fourth-order valence-electron chi connectivity index (χ4n) is 5.17. The summed E-state index contributed by atoms with van der Waals surface area (Å²) in [4.78, 5) is 0. The van der Waals surface area contributed by atoms with Crippen molar-refractivity contribution in [1.82, 2.24) is 0 Å². The number of rotatable bonds is 12. The van der Waals surface area contributed by atoms with Crippen molar-refractivity contribution >= 4 is 5.57 Å². The lowest BCUT2D eigenvalue weighted by Crippen LogP contribution is -2.34. The summed E-state index contributed by atoms with van der Waals surface area (Å²) in [6.45, 7) is 8.67. The second kappa shape index (κ2) is 10.8. The first-order chi connectivity index (χ1) is 17.8. The van der Waals surface area contributed by atoms with Crippen molar-refractivity contribution < 1.29 is 28.4 Å². The van der Waals surface area contributed by atoms with Crippen LogP contribution in [0.5, 0.6) is 11.5 Å². The van der Waals surface area contributed by atoms with E-state index in [0.717, 1.165) is 49.5 Å². The molecular weight excluding hydrogens is 468 g/mol. The third kappa shape index (κ3) is 6.04. The van der Waals surface area contributed by atoms with Crippen LogP contribution < -0.4 is 9.47 Å². The molecule has 5 unspecified atom stereocenters. The molecule has 2 saturated heterocycles. The topological polar surface area (TPSA) is 62.0 Å². The number of allylic oxidation sites excluding steroid dienone is 2. The summed E-state index contributed by atoms with van der Waals surface area (Å²) in [5.74, 6) is 2.31. The smallest absolute Gasteiger partial charge is 0.122 e. The molecule has 2 heterocycles. The van der Waals surface area contributed by atoms with Crippen molar-refractivity contribution in [3.8, 4) is 11.5 Å². The zero-order valence-electron chi connectivity index (χ0n) is 22.8. The highest BCUT2D eigenvalue weighted by atomic mass is 16.6. The number of epoxide rings is 2. The van der Waals surface area contributed by atoms with Crippen molar-refractivity contribution in [2.75, 3.05) is 40.6 Å². The molecule has 0 aromatic heterocycles. The molecule has 0 N–H and O–H groups in total. The van der Waals surface area contributed by atoms with Gasteiger partial charge in [0.25, 0.3) is 0 Å². The Morgan fingerprint density at radius 1 is 0.892 bits per heavy atom. The minimum atomic E-state index is -0.212. The second-order valence-electron chi connectivity index (χ2n) is 11.0. The first-order valence-corrected chi connectivity index (χ1v) is 13.3. The lowest BCUT2D eigenvalue weighted by Gasteiger charge is -2.24. The Kier molecular flexibility index (Phi) is 7.64. The van der Waals surface area contributed by atoms with E-state index in [1.807, 2.05) is 0 Å². The fraction of sp³-hybridized carbons (Fsp3) is 0.548. The van der Waals surface area contributed by atoms with E-state index >= 15 is 0 Å². The molecule has 2 aromatic carbocycles. The predicted molar refractivity (Wildman–Crippen MR) is 143 cm³/mol. The molecule has 0 spiro atoms. The zero-order valence-corrected chi connectivity index (χ0v) is 22.8. The third-order valence-electron chi connectivity index (χ3n) is 8.23. The quantitative estimate of drug-likeness (QED) is 0.342. The maximum Gasteiger partial charge on any atom is 0.122 e. The van der Waals surface area contributed by atoms with Crippen molar-refractivity contribution in [2.24, 2.45) is 0 Å². The molecule has 5 rings (SSSR count). The lowest BCUT2D eigenvalue weighted by atomic mass is 9.82. The summed E-state index contributed by atoms with van der Waals surface area (Å²) in [7, 11) is 3.42. The molecule has 2 aromatic rings. The molecule has 3 aliphatic rings. The molecule has 1 aliphatic carbocycles. The molecule has 2 fully saturated rings. The van der Waals surface area contributed by atoms with Crippen LogP contribution in [0, 0.1) is 6.92 Å². The number of aryl methyl sites for hydroxylation is 1. The van der Waals surface area contributed by atoms with Crippen molar-refractivity contribution in [3.63, 3.8) is 0 Å². The van der Waals surface area contributed by atoms with Crippen LogP contribution in [0.4, 0.5) is 0 Å². The summed E-state index contributed by atoms with van der Waals surface area (Å²) < 4.78 is 34.2. The fourth-order valence-corrected chi connectivity index (χ4v) is 5.17. The lowest BCUT2D eigenvalue weighted by molar-refractivity contribution is 0.00480. The molecule has 6 heteroatoms. The molecule has 0 bridgehead atoms. The van der Waals surface area contributed by atoms with E-state index in [0.29, 0.717) is 19.1 Å². The molecule has 0 radical (unpaired) electrons. The minimum Gasteiger partial charge on any atom is -0.491 e. The molecule has 200 valence electrons. The number of methoxy groups -OCH3 is 2. The number of hydrogen-bond donors (Lipinski definition) is 0. The van der Waals surface area contributed by atoms with Crippen LogP contribution in [0.15, 0.2) is 48.5 Å². The number of benzene rings is 2. The minimum absolute atomic E-state index is 0.0543. The highest BCUT2D eigenvalue weighted by Crippen LogP contribution is 2.38. The second-order valence-corrected chi connectivity index (χ2v) is 11.0. The molecule has 2 aliphatic heterocycles. The van der Waals surface area contributed by atoms with Gasteiger partial charge in [-0.2, -0.15) is 0 Å². The van der Waals surface area contributed by atoms with E-state index in [9.17, 15) is 0 Å². The summed E-state index contributed by atoms with van der Waals surface area (Å²) >= 11 is 0. The van der Waals surface area contributed by atoms with Crippen molar-refractivity contribution in [2.45, 2.75) is 69.4 Å². The number of hydrogen-bond acceptors (Lipinski definition) is 6. The van der Waals surface area contributed by atoms with E-state index in [-0.39, 0.29) is 23.4 Å². The van der Waals surface area contributed by atoms with Crippen LogP contribution in [0.3, 0.4) is 0 Å². The van der Waals surface area contributed by atoms with Gasteiger partial charge in [0, 0.05) is 14.2 Å². The maximum atomic E-state index is 6.09. The van der Waals surface area contributed by atoms with Gasteiger partial charge in [0.05, 0.1) is 13.2 Å². The maximum absolute atomic E-state index is 6.09. The van der Waals surface area contributed by atoms with Crippen LogP contribution in [0.25, 0.3) is 5.57 Å². The first kappa shape index (κ1) is 26.2. The largest absolute Gasteiger partial charge is 0.491 e. The van der Waals surface area contributed by atoms with E-state index in [2.05, 4.69) is 69.3 Å². The van der Waals surface area contributed by atoms with E-state index in [4.69, 9.17) is 28.4 Å². The van der Waals surface area contributed by atoms with Crippen LogP contribution in [-0.4, -0.2) is 64.1 Å². The normalized spacial score (nSPS) is 28.2. The SMILES string of the molecule is COC(COc1ccc(C2CC=C(c3ccc(OCC(OC)C4(C)CO4)c(C)c3)CC2)cc1)C1(C)CO1. The van der Waals surface area contributed by atoms with E-state index in [1.165, 1.54) is 16.7 Å². The van der Waals surface area contributed by atoms with Crippen LogP contribution in [-0.2, 0) is 18.9 Å². The Balaban J connectivity index is 1.14. The summed E-state index contributed by atoms with van der Waals surface area (Å²) in [6.07, 6.45) is 5.54. The average Bonchev–Trinajstić information content (AvgIpc) is 3.85. The van der Waals surface area contributed by atoms with Crippen LogP contribution in [0.1, 0.15) is 55.7 Å². The molecule has 37 heavy (non-hydrogen) atoms. The van der Waals surface area contributed by atoms with Crippen molar-refractivity contribution in [3.05, 3.63) is 65.2 Å². The molecule has 0 saturated carbocycles. The van der Waals surface area contributed by atoms with E-state index in [1.54, 1.807) is 14.2 Å². The third-order valence-corrected chi connectivity index (χ3v) is 8.23. The van der Waals surface area contributed by atoms with Gasteiger partial charge < -0.3 is 28.4 Å². The highest BCUT2D eigenvalue weighted by molar-refractivity contribution is 5.68. The Morgan fingerprint density at radius 3 is 2.03 bits per heavy atom. The summed E-state index contributed by atoms with van der Waals surface area (Å²) in [6, 6.07) is 15.1. The Bertz CT molecular complexity index is 1100. The molecule has 5 atom stereocenters. The first-order valence-electron chi connectivity index (χ1n) is 13.3. The Morgan fingerprint density at radius 2 is 1.51 bits per heavy atom. The van der Waals surface area contributed by atoms with E-state index < -0.39 is 0 Å². The van der Waals surface area contributed by atoms with Crippen molar-refractivity contribution in [1.29, 1.82) is 0 Å². The highest BCUT2D eigenvalue weighted by Gasteiger charge is 2.48. The van der Waals surface area contributed by atoms with Gasteiger partial charge in [-0.25, -0.2) is 0 Å². The summed E-state index contributed by atoms with van der Waals surface area (Å²) in [5, 5.41) is 0. The molecule has 0 amide bonds. The Hall–Kier alpha value is -2.38. The van der Waals surface area contributed by atoms with Gasteiger partial charge in [-0.15, -0.1) is 0 Å². The van der Waals surface area contributed by atoms with Crippen LogP contribution in [0.2, 0.25) is 0 Å². The number of ether oxygens (including phenoxy) is 6. The molecule has 6 nitrogen and oxygen atoms in total. The zero-order chi connectivity index (χ0) is 26.0. The van der Waals surface area contributed by atoms with Gasteiger partial charge in [-0.05, 0) is 92.5 Å².